The molecule has 4 nitrogen and oxygen atoms in total. The molecule has 0 aromatic heterocycles. The van der Waals surface area contributed by atoms with Gasteiger partial charge in [0.25, 0.3) is 0 Å². The van der Waals surface area contributed by atoms with Crippen LogP contribution in [0.3, 0.4) is 0 Å². The molecule has 0 saturated heterocycles. The third-order valence-electron chi connectivity index (χ3n) is 2.32. The van der Waals surface area contributed by atoms with Crippen LogP contribution in [-0.4, -0.2) is 51.9 Å². The van der Waals surface area contributed by atoms with Crippen LogP contribution in [0.4, 0.5) is 0 Å². The molecule has 0 bridgehead atoms. The van der Waals surface area contributed by atoms with Crippen molar-refractivity contribution in [1.82, 2.24) is 0 Å². The number of carbonyl (C=O) groups is 1. The fourth-order valence-corrected chi connectivity index (χ4v) is 1.22. The topological polar surface area (TPSA) is 35.5 Å². The SMILES string of the molecule is COc1ccc(C(=O)OCC[N+](C)(C)C)cc1. The normalized spacial score (nSPS) is 11.1. The fraction of sp³-hybridized carbons (Fsp3) is 0.462. The first-order valence-electron chi connectivity index (χ1n) is 5.54. The van der Waals surface area contributed by atoms with E-state index in [0.717, 1.165) is 16.8 Å². The number of nitrogens with zero attached hydrogens (tertiary/aromatic N) is 1. The fourth-order valence-electron chi connectivity index (χ4n) is 1.22. The van der Waals surface area contributed by atoms with Gasteiger partial charge in [-0.05, 0) is 24.3 Å². The minimum atomic E-state index is -0.291. The first-order chi connectivity index (χ1) is 7.92. The third kappa shape index (κ3) is 4.87. The monoisotopic (exact) mass is 238 g/mol. The van der Waals surface area contributed by atoms with Gasteiger partial charge >= 0.3 is 5.97 Å². The standard InChI is InChI=1S/C13H20NO3/c1-14(2,3)9-10-17-13(15)11-5-7-12(16-4)8-6-11/h5-8H,9-10H2,1-4H3/q+1. The maximum Gasteiger partial charge on any atom is 0.338 e. The highest BCUT2D eigenvalue weighted by Crippen LogP contribution is 2.12. The van der Waals surface area contributed by atoms with Gasteiger partial charge in [-0.15, -0.1) is 0 Å². The van der Waals surface area contributed by atoms with Crippen molar-refractivity contribution in [1.29, 1.82) is 0 Å². The van der Waals surface area contributed by atoms with Crippen LogP contribution in [0.1, 0.15) is 10.4 Å². The van der Waals surface area contributed by atoms with Crippen LogP contribution in [0.5, 0.6) is 5.75 Å². The summed E-state index contributed by atoms with van der Waals surface area (Å²) in [5, 5.41) is 0. The van der Waals surface area contributed by atoms with Crippen LogP contribution in [0.15, 0.2) is 24.3 Å². The molecule has 0 aliphatic heterocycles. The summed E-state index contributed by atoms with van der Waals surface area (Å²) in [6.07, 6.45) is 0. The van der Waals surface area contributed by atoms with Crippen molar-refractivity contribution in [2.75, 3.05) is 41.4 Å². The van der Waals surface area contributed by atoms with Crippen molar-refractivity contribution >= 4 is 5.97 Å². The summed E-state index contributed by atoms with van der Waals surface area (Å²) in [4.78, 5) is 11.7. The molecule has 0 spiro atoms. The lowest BCUT2D eigenvalue weighted by molar-refractivity contribution is -0.870. The molecule has 0 fully saturated rings. The first-order valence-corrected chi connectivity index (χ1v) is 5.54. The molecule has 1 aromatic rings. The van der Waals surface area contributed by atoms with Gasteiger partial charge in [0.15, 0.2) is 0 Å². The van der Waals surface area contributed by atoms with Crippen molar-refractivity contribution in [3.63, 3.8) is 0 Å². The molecule has 0 saturated carbocycles. The highest BCUT2D eigenvalue weighted by Gasteiger charge is 2.11. The second-order valence-electron chi connectivity index (χ2n) is 4.88. The van der Waals surface area contributed by atoms with Gasteiger partial charge in [0.05, 0.1) is 33.8 Å². The smallest absolute Gasteiger partial charge is 0.338 e. The number of methoxy groups -OCH3 is 1. The van der Waals surface area contributed by atoms with E-state index in [1.807, 2.05) is 0 Å². The summed E-state index contributed by atoms with van der Waals surface area (Å²) in [5.74, 6) is 0.439. The maximum atomic E-state index is 11.7. The van der Waals surface area contributed by atoms with E-state index < -0.39 is 0 Å². The number of esters is 1. The Morgan fingerprint density at radius 3 is 2.24 bits per heavy atom. The Balaban J connectivity index is 2.47. The number of hydrogen-bond donors (Lipinski definition) is 0. The lowest BCUT2D eigenvalue weighted by Crippen LogP contribution is -2.38. The number of carbonyl (C=O) groups excluding carboxylic acids is 1. The van der Waals surface area contributed by atoms with Crippen molar-refractivity contribution in [2.24, 2.45) is 0 Å². The summed E-state index contributed by atoms with van der Waals surface area (Å²) in [6, 6.07) is 6.90. The van der Waals surface area contributed by atoms with E-state index in [1.165, 1.54) is 0 Å². The lowest BCUT2D eigenvalue weighted by atomic mass is 10.2. The largest absolute Gasteiger partial charge is 0.497 e. The van der Waals surface area contributed by atoms with Crippen LogP contribution in [0.2, 0.25) is 0 Å². The average Bonchev–Trinajstić information content (AvgIpc) is 2.27. The van der Waals surface area contributed by atoms with Crippen molar-refractivity contribution in [3.05, 3.63) is 29.8 Å². The van der Waals surface area contributed by atoms with Gasteiger partial charge in [-0.25, -0.2) is 4.79 Å². The number of likely N-dealkylation sites (N-methyl/N-ethyl adjacent to an activating group) is 1. The number of quaternary nitrogens is 1. The van der Waals surface area contributed by atoms with E-state index in [-0.39, 0.29) is 5.97 Å². The summed E-state index contributed by atoms with van der Waals surface area (Å²) in [6.45, 7) is 1.22. The quantitative estimate of drug-likeness (QED) is 0.577. The van der Waals surface area contributed by atoms with Crippen LogP contribution >= 0.6 is 0 Å². The molecule has 0 atom stereocenters. The molecule has 94 valence electrons. The van der Waals surface area contributed by atoms with Crippen LogP contribution in [-0.2, 0) is 4.74 Å². The number of rotatable bonds is 5. The van der Waals surface area contributed by atoms with Crippen molar-refractivity contribution in [2.45, 2.75) is 0 Å². The zero-order valence-electron chi connectivity index (χ0n) is 10.9. The minimum Gasteiger partial charge on any atom is -0.497 e. The third-order valence-corrected chi connectivity index (χ3v) is 2.32. The van der Waals surface area contributed by atoms with Crippen LogP contribution < -0.4 is 4.74 Å². The summed E-state index contributed by atoms with van der Waals surface area (Å²) < 4.78 is 11.0. The molecule has 0 heterocycles. The maximum absolute atomic E-state index is 11.7. The van der Waals surface area contributed by atoms with E-state index in [0.29, 0.717) is 12.2 Å². The molecule has 17 heavy (non-hydrogen) atoms. The Hall–Kier alpha value is -1.55. The molecule has 0 aliphatic carbocycles. The minimum absolute atomic E-state index is 0.291. The molecule has 1 aromatic carbocycles. The predicted octanol–water partition coefficient (Wildman–Crippen LogP) is 1.56. The van der Waals surface area contributed by atoms with Gasteiger partial charge in [-0.1, -0.05) is 0 Å². The predicted molar refractivity (Wildman–Crippen MR) is 66.2 cm³/mol. The molecule has 0 N–H and O–H groups in total. The molecule has 0 radical (unpaired) electrons. The Bertz CT molecular complexity index is 365. The Morgan fingerprint density at radius 2 is 1.76 bits per heavy atom. The zero-order chi connectivity index (χ0) is 12.9. The first kappa shape index (κ1) is 13.5. The van der Waals surface area contributed by atoms with E-state index in [4.69, 9.17) is 9.47 Å². The Labute approximate surface area is 102 Å². The van der Waals surface area contributed by atoms with Crippen molar-refractivity contribution < 1.29 is 18.8 Å². The van der Waals surface area contributed by atoms with Gasteiger partial charge in [-0.2, -0.15) is 0 Å². The van der Waals surface area contributed by atoms with Gasteiger partial charge < -0.3 is 14.0 Å². The van der Waals surface area contributed by atoms with Gasteiger partial charge in [0.1, 0.15) is 18.9 Å². The molecule has 4 heteroatoms. The molecular formula is C13H20NO3+. The van der Waals surface area contributed by atoms with Crippen LogP contribution in [0.25, 0.3) is 0 Å². The molecular weight excluding hydrogens is 218 g/mol. The summed E-state index contributed by atoms with van der Waals surface area (Å²) >= 11 is 0. The Kier molecular flexibility index (Phi) is 4.52. The number of ether oxygens (including phenoxy) is 2. The Morgan fingerprint density at radius 1 is 1.18 bits per heavy atom. The zero-order valence-corrected chi connectivity index (χ0v) is 10.9. The number of hydrogen-bond acceptors (Lipinski definition) is 3. The van der Waals surface area contributed by atoms with E-state index in [1.54, 1.807) is 31.4 Å². The second-order valence-corrected chi connectivity index (χ2v) is 4.88. The van der Waals surface area contributed by atoms with Crippen LogP contribution in [0, 0.1) is 0 Å². The summed E-state index contributed by atoms with van der Waals surface area (Å²) in [7, 11) is 7.76. The molecule has 0 amide bonds. The molecule has 0 aliphatic rings. The number of benzene rings is 1. The van der Waals surface area contributed by atoms with Crippen molar-refractivity contribution in [3.8, 4) is 5.75 Å². The molecule has 0 unspecified atom stereocenters. The van der Waals surface area contributed by atoms with E-state index in [9.17, 15) is 4.79 Å². The molecule has 1 rings (SSSR count). The highest BCUT2D eigenvalue weighted by molar-refractivity contribution is 5.89. The summed E-state index contributed by atoms with van der Waals surface area (Å²) in [5.41, 5.74) is 0.548. The second kappa shape index (κ2) is 5.68. The lowest BCUT2D eigenvalue weighted by Gasteiger charge is -2.23. The van der Waals surface area contributed by atoms with Gasteiger partial charge in [0.2, 0.25) is 0 Å². The van der Waals surface area contributed by atoms with E-state index in [2.05, 4.69) is 21.1 Å². The van der Waals surface area contributed by atoms with Gasteiger partial charge in [0, 0.05) is 0 Å². The average molecular weight is 238 g/mol. The van der Waals surface area contributed by atoms with Gasteiger partial charge in [-0.3, -0.25) is 0 Å². The highest BCUT2D eigenvalue weighted by atomic mass is 16.5. The van der Waals surface area contributed by atoms with E-state index >= 15 is 0 Å².